The molecule has 0 amide bonds. The molecule has 0 aromatic carbocycles. The molecule has 0 fully saturated rings. The molecule has 0 saturated carbocycles. The standard InChI is InChI=1S/C7H11N2P/c1-6-7(10(2)3)4-8-5-9-6/h4-5H,1-3H3. The molecule has 0 bridgehead atoms. The second-order valence-electron chi connectivity index (χ2n) is 2.39. The highest BCUT2D eigenvalue weighted by atomic mass is 31.1. The fraction of sp³-hybridized carbons (Fsp3) is 0.429. The second-order valence-corrected chi connectivity index (χ2v) is 4.66. The minimum atomic E-state index is -0.0414. The van der Waals surface area contributed by atoms with E-state index < -0.39 is 0 Å². The van der Waals surface area contributed by atoms with Crippen LogP contribution in [0.15, 0.2) is 12.5 Å². The predicted octanol–water partition coefficient (Wildman–Crippen LogP) is 1.15. The van der Waals surface area contributed by atoms with Crippen molar-refractivity contribution in [2.75, 3.05) is 13.3 Å². The van der Waals surface area contributed by atoms with Gasteiger partial charge in [0.15, 0.2) is 0 Å². The number of hydrogen-bond donors (Lipinski definition) is 0. The number of nitrogens with zero attached hydrogens (tertiary/aromatic N) is 2. The lowest BCUT2D eigenvalue weighted by atomic mass is 10.5. The molecular formula is C7H11N2P. The van der Waals surface area contributed by atoms with Crippen LogP contribution in [0.4, 0.5) is 0 Å². The highest BCUT2D eigenvalue weighted by Gasteiger charge is 2.01. The first-order valence-electron chi connectivity index (χ1n) is 3.15. The first kappa shape index (κ1) is 7.62. The molecule has 3 heteroatoms. The van der Waals surface area contributed by atoms with Crippen molar-refractivity contribution >= 4 is 13.2 Å². The molecule has 0 atom stereocenters. The second kappa shape index (κ2) is 3.07. The van der Waals surface area contributed by atoms with Gasteiger partial charge in [0.1, 0.15) is 6.33 Å². The molecule has 54 valence electrons. The van der Waals surface area contributed by atoms with Gasteiger partial charge in [0, 0.05) is 17.2 Å². The van der Waals surface area contributed by atoms with Crippen molar-refractivity contribution in [3.05, 3.63) is 18.2 Å². The van der Waals surface area contributed by atoms with Crippen LogP contribution >= 0.6 is 7.92 Å². The molecule has 1 aromatic heterocycles. The Labute approximate surface area is 62.5 Å². The molecule has 0 saturated heterocycles. The molecule has 0 aliphatic rings. The first-order valence-corrected chi connectivity index (χ1v) is 5.39. The molecule has 0 aliphatic carbocycles. The average molecular weight is 154 g/mol. The highest BCUT2D eigenvalue weighted by Crippen LogP contribution is 2.23. The summed E-state index contributed by atoms with van der Waals surface area (Å²) in [4.78, 5) is 8.08. The first-order chi connectivity index (χ1) is 4.72. The maximum atomic E-state index is 4.11. The van der Waals surface area contributed by atoms with Gasteiger partial charge >= 0.3 is 0 Å². The smallest absolute Gasteiger partial charge is 0.115 e. The number of hydrogen-bond acceptors (Lipinski definition) is 2. The van der Waals surface area contributed by atoms with Crippen LogP contribution in [-0.4, -0.2) is 23.3 Å². The van der Waals surface area contributed by atoms with E-state index in [4.69, 9.17) is 0 Å². The Balaban J connectivity index is 3.03. The van der Waals surface area contributed by atoms with Crippen LogP contribution in [0.2, 0.25) is 0 Å². The van der Waals surface area contributed by atoms with Crippen LogP contribution in [0.5, 0.6) is 0 Å². The summed E-state index contributed by atoms with van der Waals surface area (Å²) in [5, 5.41) is 1.30. The van der Waals surface area contributed by atoms with Crippen molar-refractivity contribution in [3.63, 3.8) is 0 Å². The third-order valence-corrected chi connectivity index (χ3v) is 2.77. The fourth-order valence-corrected chi connectivity index (χ4v) is 1.83. The van der Waals surface area contributed by atoms with Gasteiger partial charge in [-0.3, -0.25) is 0 Å². The summed E-state index contributed by atoms with van der Waals surface area (Å²) in [7, 11) is -0.0414. The van der Waals surface area contributed by atoms with Gasteiger partial charge in [0.05, 0.1) is 0 Å². The predicted molar refractivity (Wildman–Crippen MR) is 45.2 cm³/mol. The maximum absolute atomic E-state index is 4.11. The summed E-state index contributed by atoms with van der Waals surface area (Å²) in [5.41, 5.74) is 1.12. The largest absolute Gasteiger partial charge is 0.244 e. The molecule has 2 nitrogen and oxygen atoms in total. The van der Waals surface area contributed by atoms with E-state index in [9.17, 15) is 0 Å². The maximum Gasteiger partial charge on any atom is 0.115 e. The van der Waals surface area contributed by atoms with Crippen molar-refractivity contribution in [2.24, 2.45) is 0 Å². The molecule has 0 spiro atoms. The monoisotopic (exact) mass is 154 g/mol. The summed E-state index contributed by atoms with van der Waals surface area (Å²) < 4.78 is 0. The topological polar surface area (TPSA) is 25.8 Å². The molecule has 1 rings (SSSR count). The van der Waals surface area contributed by atoms with Crippen LogP contribution in [0.25, 0.3) is 0 Å². The van der Waals surface area contributed by atoms with E-state index >= 15 is 0 Å². The van der Waals surface area contributed by atoms with Crippen LogP contribution in [0.1, 0.15) is 5.69 Å². The van der Waals surface area contributed by atoms with E-state index in [-0.39, 0.29) is 7.92 Å². The van der Waals surface area contributed by atoms with Gasteiger partial charge < -0.3 is 0 Å². The Morgan fingerprint density at radius 2 is 2.10 bits per heavy atom. The van der Waals surface area contributed by atoms with Crippen molar-refractivity contribution in [1.29, 1.82) is 0 Å². The minimum absolute atomic E-state index is 0.0414. The van der Waals surface area contributed by atoms with Gasteiger partial charge in [-0.15, -0.1) is 0 Å². The lowest BCUT2D eigenvalue weighted by molar-refractivity contribution is 1.12. The van der Waals surface area contributed by atoms with Crippen molar-refractivity contribution < 1.29 is 0 Å². The van der Waals surface area contributed by atoms with Crippen LogP contribution < -0.4 is 5.30 Å². The lowest BCUT2D eigenvalue weighted by Gasteiger charge is -2.06. The molecule has 0 N–H and O–H groups in total. The normalized spacial score (nSPS) is 10.4. The number of aromatic nitrogens is 2. The van der Waals surface area contributed by atoms with E-state index in [0.717, 1.165) is 5.69 Å². The molecular weight excluding hydrogens is 143 g/mol. The van der Waals surface area contributed by atoms with E-state index in [1.54, 1.807) is 6.33 Å². The Morgan fingerprint density at radius 3 is 2.50 bits per heavy atom. The Kier molecular flexibility index (Phi) is 2.34. The quantitative estimate of drug-likeness (QED) is 0.567. The van der Waals surface area contributed by atoms with Gasteiger partial charge in [-0.05, 0) is 20.3 Å². The van der Waals surface area contributed by atoms with Crippen molar-refractivity contribution in [1.82, 2.24) is 9.97 Å². The molecule has 0 unspecified atom stereocenters. The Morgan fingerprint density at radius 1 is 1.40 bits per heavy atom. The van der Waals surface area contributed by atoms with Gasteiger partial charge in [-0.25, -0.2) is 9.97 Å². The van der Waals surface area contributed by atoms with Gasteiger partial charge in [0.25, 0.3) is 0 Å². The van der Waals surface area contributed by atoms with E-state index in [1.807, 2.05) is 13.1 Å². The summed E-state index contributed by atoms with van der Waals surface area (Å²) >= 11 is 0. The minimum Gasteiger partial charge on any atom is -0.244 e. The number of rotatable bonds is 1. The third kappa shape index (κ3) is 1.51. The van der Waals surface area contributed by atoms with Gasteiger partial charge in [-0.2, -0.15) is 0 Å². The molecule has 1 aromatic rings. The summed E-state index contributed by atoms with van der Waals surface area (Å²) in [6.45, 7) is 6.45. The average Bonchev–Trinajstić information content (AvgIpc) is 1.88. The van der Waals surface area contributed by atoms with Crippen LogP contribution in [0.3, 0.4) is 0 Å². The molecule has 0 aliphatic heterocycles. The third-order valence-electron chi connectivity index (χ3n) is 1.37. The summed E-state index contributed by atoms with van der Waals surface area (Å²) in [5.74, 6) is 0. The zero-order valence-electron chi connectivity index (χ0n) is 6.50. The zero-order chi connectivity index (χ0) is 7.56. The fourth-order valence-electron chi connectivity index (χ4n) is 0.822. The van der Waals surface area contributed by atoms with Crippen LogP contribution in [-0.2, 0) is 0 Å². The molecule has 10 heavy (non-hydrogen) atoms. The van der Waals surface area contributed by atoms with Gasteiger partial charge in [0.2, 0.25) is 0 Å². The van der Waals surface area contributed by atoms with Crippen molar-refractivity contribution in [2.45, 2.75) is 6.92 Å². The summed E-state index contributed by atoms with van der Waals surface area (Å²) in [6.07, 6.45) is 3.51. The summed E-state index contributed by atoms with van der Waals surface area (Å²) in [6, 6.07) is 0. The Hall–Kier alpha value is -0.490. The SMILES string of the molecule is Cc1ncncc1P(C)C. The van der Waals surface area contributed by atoms with Gasteiger partial charge in [-0.1, -0.05) is 7.92 Å². The number of aryl methyl sites for hydroxylation is 1. The van der Waals surface area contributed by atoms with Crippen molar-refractivity contribution in [3.8, 4) is 0 Å². The zero-order valence-corrected chi connectivity index (χ0v) is 7.39. The van der Waals surface area contributed by atoms with E-state index in [0.29, 0.717) is 0 Å². The lowest BCUT2D eigenvalue weighted by Crippen LogP contribution is -2.06. The highest BCUT2D eigenvalue weighted by molar-refractivity contribution is 7.64. The van der Waals surface area contributed by atoms with E-state index in [1.165, 1.54) is 5.30 Å². The van der Waals surface area contributed by atoms with E-state index in [2.05, 4.69) is 23.3 Å². The molecule has 1 heterocycles. The van der Waals surface area contributed by atoms with Crippen LogP contribution in [0, 0.1) is 6.92 Å². The Bertz CT molecular complexity index is 223. The molecule has 0 radical (unpaired) electrons.